The van der Waals surface area contributed by atoms with E-state index in [9.17, 15) is 14.0 Å². The maximum absolute atomic E-state index is 14.3. The molecule has 1 amide bonds. The first-order chi connectivity index (χ1) is 12.8. The van der Waals surface area contributed by atoms with Crippen molar-refractivity contribution in [2.75, 3.05) is 12.0 Å². The first-order valence-corrected chi connectivity index (χ1v) is 8.66. The number of hydrogen-bond donors (Lipinski definition) is 0. The van der Waals surface area contributed by atoms with Crippen molar-refractivity contribution >= 4 is 46.8 Å². The lowest BCUT2D eigenvalue weighted by atomic mass is 10.0. The lowest BCUT2D eigenvalue weighted by Gasteiger charge is -2.18. The largest absolute Gasteiger partial charge is 0.465 e. The molecule has 138 valence electrons. The predicted molar refractivity (Wildman–Crippen MR) is 103 cm³/mol. The van der Waals surface area contributed by atoms with Crippen LogP contribution in [0, 0.1) is 5.82 Å². The van der Waals surface area contributed by atoms with Crippen LogP contribution in [0.4, 0.5) is 10.1 Å². The molecule has 0 radical (unpaired) electrons. The maximum Gasteiger partial charge on any atom is 0.340 e. The molecule has 0 spiro atoms. The van der Waals surface area contributed by atoms with E-state index in [0.29, 0.717) is 15.6 Å². The van der Waals surface area contributed by atoms with E-state index in [1.165, 1.54) is 31.4 Å². The van der Waals surface area contributed by atoms with Crippen LogP contribution in [0.2, 0.25) is 10.0 Å². The van der Waals surface area contributed by atoms with E-state index in [-0.39, 0.29) is 22.5 Å². The summed E-state index contributed by atoms with van der Waals surface area (Å²) in [6.07, 6.45) is 1.50. The predicted octanol–water partition coefficient (Wildman–Crippen LogP) is 5.01. The second-order valence-corrected chi connectivity index (χ2v) is 6.59. The molecule has 0 atom stereocenters. The van der Waals surface area contributed by atoms with Crippen LogP contribution in [0.3, 0.4) is 0 Å². The van der Waals surface area contributed by atoms with Crippen LogP contribution in [0.15, 0.2) is 59.3 Å². The normalized spacial score (nSPS) is 15.7. The Hall–Kier alpha value is -2.63. The third kappa shape index (κ3) is 3.48. The van der Waals surface area contributed by atoms with Crippen LogP contribution in [0.25, 0.3) is 6.08 Å². The van der Waals surface area contributed by atoms with Gasteiger partial charge in [-0.2, -0.15) is 0 Å². The number of ether oxygens (including phenoxy) is 1. The van der Waals surface area contributed by atoms with Crippen LogP contribution in [0.1, 0.15) is 12.5 Å². The SMILES string of the molecule is COC(=O)C1=C(C)N(c2ccccc2F)C(=O)/C1=C\c1ccc(Cl)c(Cl)c1. The van der Waals surface area contributed by atoms with Crippen molar-refractivity contribution in [3.63, 3.8) is 0 Å². The summed E-state index contributed by atoms with van der Waals surface area (Å²) >= 11 is 11.9. The number of esters is 1. The summed E-state index contributed by atoms with van der Waals surface area (Å²) in [4.78, 5) is 26.5. The molecule has 0 bridgehead atoms. The van der Waals surface area contributed by atoms with Gasteiger partial charge in [-0.25, -0.2) is 9.18 Å². The first-order valence-electron chi connectivity index (χ1n) is 7.90. The molecule has 1 aliphatic rings. The molecule has 1 heterocycles. The summed E-state index contributed by atoms with van der Waals surface area (Å²) in [5.74, 6) is -1.81. The lowest BCUT2D eigenvalue weighted by Crippen LogP contribution is -2.25. The number of allylic oxidation sites excluding steroid dienone is 1. The van der Waals surface area contributed by atoms with Gasteiger partial charge in [-0.1, -0.05) is 41.4 Å². The van der Waals surface area contributed by atoms with Crippen molar-refractivity contribution in [3.8, 4) is 0 Å². The number of amides is 1. The van der Waals surface area contributed by atoms with Crippen molar-refractivity contribution in [3.05, 3.63) is 80.7 Å². The van der Waals surface area contributed by atoms with E-state index in [4.69, 9.17) is 27.9 Å². The van der Waals surface area contributed by atoms with Gasteiger partial charge in [0.05, 0.1) is 34.0 Å². The molecule has 0 aromatic heterocycles. The summed E-state index contributed by atoms with van der Waals surface area (Å²) < 4.78 is 19.1. The van der Waals surface area contributed by atoms with Crippen molar-refractivity contribution in [2.24, 2.45) is 0 Å². The zero-order valence-electron chi connectivity index (χ0n) is 14.4. The van der Waals surface area contributed by atoms with Gasteiger partial charge in [0.2, 0.25) is 0 Å². The maximum atomic E-state index is 14.3. The number of carbonyl (C=O) groups is 2. The van der Waals surface area contributed by atoms with Gasteiger partial charge in [-0.3, -0.25) is 9.69 Å². The first kappa shape index (κ1) is 19.1. The minimum Gasteiger partial charge on any atom is -0.465 e. The van der Waals surface area contributed by atoms with Gasteiger partial charge in [0, 0.05) is 5.70 Å². The van der Waals surface area contributed by atoms with E-state index in [2.05, 4.69) is 0 Å². The molecule has 1 aliphatic heterocycles. The third-order valence-corrected chi connectivity index (χ3v) is 4.88. The zero-order valence-corrected chi connectivity index (χ0v) is 15.9. The second kappa shape index (κ2) is 7.55. The summed E-state index contributed by atoms with van der Waals surface area (Å²) in [6.45, 7) is 1.56. The molecular weight excluding hydrogens is 392 g/mol. The molecule has 0 N–H and O–H groups in total. The Labute approximate surface area is 165 Å². The van der Waals surface area contributed by atoms with Gasteiger partial charge >= 0.3 is 5.97 Å². The van der Waals surface area contributed by atoms with Gasteiger partial charge in [0.15, 0.2) is 0 Å². The zero-order chi connectivity index (χ0) is 19.7. The van der Waals surface area contributed by atoms with Crippen LogP contribution in [0.5, 0.6) is 0 Å². The Morgan fingerprint density at radius 3 is 2.48 bits per heavy atom. The Kier molecular flexibility index (Phi) is 5.35. The van der Waals surface area contributed by atoms with Gasteiger partial charge in [0.25, 0.3) is 5.91 Å². The van der Waals surface area contributed by atoms with Crippen molar-refractivity contribution in [2.45, 2.75) is 6.92 Å². The minimum absolute atomic E-state index is 0.0546. The topological polar surface area (TPSA) is 46.6 Å². The molecule has 4 nitrogen and oxygen atoms in total. The van der Waals surface area contributed by atoms with Crippen molar-refractivity contribution in [1.29, 1.82) is 0 Å². The molecular formula is C20H14Cl2FNO3. The smallest absolute Gasteiger partial charge is 0.340 e. The highest BCUT2D eigenvalue weighted by Gasteiger charge is 2.38. The fourth-order valence-corrected chi connectivity index (χ4v) is 3.18. The molecule has 27 heavy (non-hydrogen) atoms. The van der Waals surface area contributed by atoms with Crippen LogP contribution < -0.4 is 4.90 Å². The van der Waals surface area contributed by atoms with Crippen molar-refractivity contribution in [1.82, 2.24) is 0 Å². The van der Waals surface area contributed by atoms with E-state index in [0.717, 1.165) is 4.90 Å². The third-order valence-electron chi connectivity index (χ3n) is 4.14. The number of hydrogen-bond acceptors (Lipinski definition) is 3. The summed E-state index contributed by atoms with van der Waals surface area (Å²) in [6, 6.07) is 10.6. The lowest BCUT2D eigenvalue weighted by molar-refractivity contribution is -0.136. The number of benzene rings is 2. The molecule has 2 aromatic carbocycles. The van der Waals surface area contributed by atoms with E-state index >= 15 is 0 Å². The van der Waals surface area contributed by atoms with E-state index < -0.39 is 17.7 Å². The highest BCUT2D eigenvalue weighted by Crippen LogP contribution is 2.36. The van der Waals surface area contributed by atoms with Gasteiger partial charge in [-0.05, 0) is 42.8 Å². The minimum atomic E-state index is -0.689. The Bertz CT molecular complexity index is 1010. The van der Waals surface area contributed by atoms with Crippen LogP contribution >= 0.6 is 23.2 Å². The second-order valence-electron chi connectivity index (χ2n) is 5.78. The van der Waals surface area contributed by atoms with E-state index in [1.807, 2.05) is 0 Å². The molecule has 0 aliphatic carbocycles. The average molecular weight is 406 g/mol. The number of rotatable bonds is 3. The highest BCUT2D eigenvalue weighted by molar-refractivity contribution is 6.42. The molecule has 0 unspecified atom stereocenters. The fraction of sp³-hybridized carbons (Fsp3) is 0.100. The number of halogens is 3. The Balaban J connectivity index is 2.17. The number of methoxy groups -OCH3 is 1. The van der Waals surface area contributed by atoms with Gasteiger partial charge in [0.1, 0.15) is 5.82 Å². The Morgan fingerprint density at radius 2 is 1.85 bits per heavy atom. The average Bonchev–Trinajstić information content (AvgIpc) is 2.88. The fourth-order valence-electron chi connectivity index (χ4n) is 2.87. The quantitative estimate of drug-likeness (QED) is 0.532. The molecule has 0 saturated heterocycles. The van der Waals surface area contributed by atoms with E-state index in [1.54, 1.807) is 31.2 Å². The molecule has 0 saturated carbocycles. The molecule has 7 heteroatoms. The number of anilines is 1. The summed E-state index contributed by atoms with van der Waals surface area (Å²) in [5.41, 5.74) is 1.05. The number of carbonyl (C=O) groups excluding carboxylic acids is 2. The standard InChI is InChI=1S/C20H14Cl2FNO3/c1-11-18(20(26)27-2)13(9-12-7-8-14(21)15(22)10-12)19(25)24(11)17-6-4-3-5-16(17)23/h3-10H,1-2H3/b13-9-. The van der Waals surface area contributed by atoms with Crippen LogP contribution in [-0.2, 0) is 14.3 Å². The summed E-state index contributed by atoms with van der Waals surface area (Å²) in [5, 5.41) is 0.673. The summed E-state index contributed by atoms with van der Waals surface area (Å²) in [7, 11) is 1.22. The number of para-hydroxylation sites is 1. The van der Waals surface area contributed by atoms with Crippen molar-refractivity contribution < 1.29 is 18.7 Å². The Morgan fingerprint density at radius 1 is 1.15 bits per heavy atom. The van der Waals surface area contributed by atoms with Gasteiger partial charge in [-0.15, -0.1) is 0 Å². The van der Waals surface area contributed by atoms with Gasteiger partial charge < -0.3 is 4.74 Å². The highest BCUT2D eigenvalue weighted by atomic mass is 35.5. The molecule has 0 fully saturated rings. The van der Waals surface area contributed by atoms with Crippen LogP contribution in [-0.4, -0.2) is 19.0 Å². The molecule has 3 rings (SSSR count). The number of nitrogens with zero attached hydrogens (tertiary/aromatic N) is 1. The monoisotopic (exact) mass is 405 g/mol. The molecule has 2 aromatic rings.